The Morgan fingerprint density at radius 1 is 1.75 bits per heavy atom. The first kappa shape index (κ1) is 9.44. The first-order chi connectivity index (χ1) is 5.68. The Hall–Kier alpha value is -0.650. The standard InChI is InChI=1S/C6H6ClN3S2/c7-5-2-1-4(12-5)3-9-10-6(8)11/h1-3H,(H3,8,10,11)/b9-3+. The molecule has 3 N–H and O–H groups in total. The number of hydrazone groups is 1. The maximum Gasteiger partial charge on any atom is 0.184 e. The zero-order chi connectivity index (χ0) is 8.97. The lowest BCUT2D eigenvalue weighted by molar-refractivity contribution is 1.04. The van der Waals surface area contributed by atoms with Crippen LogP contribution in [-0.4, -0.2) is 11.3 Å². The molecule has 0 radical (unpaired) electrons. The molecule has 0 atom stereocenters. The molecule has 3 nitrogen and oxygen atoms in total. The van der Waals surface area contributed by atoms with Crippen LogP contribution < -0.4 is 11.2 Å². The molecule has 12 heavy (non-hydrogen) atoms. The number of nitrogens with zero attached hydrogens (tertiary/aromatic N) is 1. The highest BCUT2D eigenvalue weighted by molar-refractivity contribution is 7.80. The summed E-state index contributed by atoms with van der Waals surface area (Å²) in [5.41, 5.74) is 7.59. The number of hydrogen-bond donors (Lipinski definition) is 2. The van der Waals surface area contributed by atoms with Crippen molar-refractivity contribution in [1.82, 2.24) is 5.43 Å². The smallest absolute Gasteiger partial charge is 0.184 e. The van der Waals surface area contributed by atoms with Crippen LogP contribution in [0.25, 0.3) is 0 Å². The van der Waals surface area contributed by atoms with Gasteiger partial charge in [-0.1, -0.05) is 11.6 Å². The highest BCUT2D eigenvalue weighted by atomic mass is 35.5. The lowest BCUT2D eigenvalue weighted by atomic mass is 10.5. The largest absolute Gasteiger partial charge is 0.375 e. The van der Waals surface area contributed by atoms with Crippen molar-refractivity contribution >= 4 is 46.5 Å². The fourth-order valence-corrected chi connectivity index (χ4v) is 1.54. The summed E-state index contributed by atoms with van der Waals surface area (Å²) in [6.45, 7) is 0. The third kappa shape index (κ3) is 3.17. The van der Waals surface area contributed by atoms with E-state index >= 15 is 0 Å². The lowest BCUT2D eigenvalue weighted by Gasteiger charge is -1.91. The molecule has 0 aromatic carbocycles. The molecule has 0 unspecified atom stereocenters. The molecule has 0 amide bonds. The molecule has 1 aromatic heterocycles. The van der Waals surface area contributed by atoms with Crippen molar-refractivity contribution in [2.75, 3.05) is 0 Å². The fraction of sp³-hybridized carbons (Fsp3) is 0. The highest BCUT2D eigenvalue weighted by Gasteiger charge is 1.92. The minimum absolute atomic E-state index is 0.147. The second-order valence-electron chi connectivity index (χ2n) is 1.88. The van der Waals surface area contributed by atoms with Gasteiger partial charge in [-0.05, 0) is 24.4 Å². The summed E-state index contributed by atoms with van der Waals surface area (Å²) in [4.78, 5) is 0.948. The number of thiocarbonyl (C=S) groups is 1. The molecule has 0 aliphatic heterocycles. The van der Waals surface area contributed by atoms with E-state index in [9.17, 15) is 0 Å². The Morgan fingerprint density at radius 3 is 3.00 bits per heavy atom. The molecule has 0 bridgehead atoms. The van der Waals surface area contributed by atoms with E-state index in [1.165, 1.54) is 11.3 Å². The number of thiophene rings is 1. The summed E-state index contributed by atoms with van der Waals surface area (Å²) in [7, 11) is 0. The van der Waals surface area contributed by atoms with Crippen LogP contribution in [0.3, 0.4) is 0 Å². The van der Waals surface area contributed by atoms with Crippen molar-refractivity contribution in [2.45, 2.75) is 0 Å². The summed E-state index contributed by atoms with van der Waals surface area (Å²) in [6.07, 6.45) is 1.61. The van der Waals surface area contributed by atoms with Crippen molar-refractivity contribution in [2.24, 2.45) is 10.8 Å². The van der Waals surface area contributed by atoms with Crippen LogP contribution in [0.1, 0.15) is 4.88 Å². The van der Waals surface area contributed by atoms with Gasteiger partial charge in [0.25, 0.3) is 0 Å². The van der Waals surface area contributed by atoms with E-state index in [-0.39, 0.29) is 5.11 Å². The van der Waals surface area contributed by atoms with Gasteiger partial charge in [-0.3, -0.25) is 5.43 Å². The van der Waals surface area contributed by atoms with Crippen molar-refractivity contribution in [3.05, 3.63) is 21.3 Å². The van der Waals surface area contributed by atoms with Crippen molar-refractivity contribution < 1.29 is 0 Å². The maximum absolute atomic E-state index is 5.69. The predicted octanol–water partition coefficient (Wildman–Crippen LogP) is 1.57. The average molecular weight is 220 g/mol. The Bertz CT molecular complexity index is 307. The van der Waals surface area contributed by atoms with Gasteiger partial charge in [-0.2, -0.15) is 5.10 Å². The molecule has 0 fully saturated rings. The van der Waals surface area contributed by atoms with Crippen LogP contribution in [0, 0.1) is 0 Å². The van der Waals surface area contributed by atoms with Crippen LogP contribution in [-0.2, 0) is 0 Å². The van der Waals surface area contributed by atoms with E-state index in [1.54, 1.807) is 12.3 Å². The van der Waals surface area contributed by atoms with Crippen LogP contribution in [0.2, 0.25) is 4.34 Å². The zero-order valence-corrected chi connectivity index (χ0v) is 8.34. The van der Waals surface area contributed by atoms with Gasteiger partial charge in [-0.15, -0.1) is 11.3 Å². The van der Waals surface area contributed by atoms with Gasteiger partial charge < -0.3 is 5.73 Å². The highest BCUT2D eigenvalue weighted by Crippen LogP contribution is 2.19. The molecule has 1 aromatic rings. The van der Waals surface area contributed by atoms with Crippen molar-refractivity contribution in [3.8, 4) is 0 Å². The normalized spacial score (nSPS) is 10.4. The zero-order valence-electron chi connectivity index (χ0n) is 5.95. The molecule has 1 rings (SSSR count). The van der Waals surface area contributed by atoms with Crippen LogP contribution in [0.5, 0.6) is 0 Å². The minimum atomic E-state index is 0.147. The van der Waals surface area contributed by atoms with Crippen LogP contribution in [0.4, 0.5) is 0 Å². The molecule has 0 spiro atoms. The number of nitrogens with one attached hydrogen (secondary N) is 1. The second-order valence-corrected chi connectivity index (χ2v) is 4.06. The number of rotatable bonds is 2. The van der Waals surface area contributed by atoms with E-state index in [0.717, 1.165) is 9.21 Å². The predicted molar refractivity (Wildman–Crippen MR) is 56.8 cm³/mol. The van der Waals surface area contributed by atoms with Gasteiger partial charge in [-0.25, -0.2) is 0 Å². The van der Waals surface area contributed by atoms with E-state index in [2.05, 4.69) is 22.7 Å². The quantitative estimate of drug-likeness (QED) is 0.451. The summed E-state index contributed by atoms with van der Waals surface area (Å²) in [6, 6.07) is 3.66. The molecule has 0 aliphatic rings. The summed E-state index contributed by atoms with van der Waals surface area (Å²) < 4.78 is 0.728. The van der Waals surface area contributed by atoms with E-state index in [0.29, 0.717) is 0 Å². The third-order valence-corrected chi connectivity index (χ3v) is 2.22. The molecule has 1 heterocycles. The molecule has 64 valence electrons. The molecule has 0 saturated carbocycles. The van der Waals surface area contributed by atoms with Crippen LogP contribution >= 0.6 is 35.2 Å². The number of nitrogens with two attached hydrogens (primary N) is 1. The average Bonchev–Trinajstić information content (AvgIpc) is 2.35. The Balaban J connectivity index is 2.52. The Morgan fingerprint density at radius 2 is 2.50 bits per heavy atom. The van der Waals surface area contributed by atoms with Gasteiger partial charge in [0, 0.05) is 4.88 Å². The first-order valence-electron chi connectivity index (χ1n) is 3.02. The molecular weight excluding hydrogens is 214 g/mol. The minimum Gasteiger partial charge on any atom is -0.375 e. The molecule has 0 aliphatic carbocycles. The van der Waals surface area contributed by atoms with E-state index in [1.807, 2.05) is 6.07 Å². The van der Waals surface area contributed by atoms with E-state index < -0.39 is 0 Å². The van der Waals surface area contributed by atoms with E-state index in [4.69, 9.17) is 17.3 Å². The van der Waals surface area contributed by atoms with Gasteiger partial charge in [0.2, 0.25) is 0 Å². The maximum atomic E-state index is 5.69. The Labute approximate surface area is 84.2 Å². The summed E-state index contributed by atoms with van der Waals surface area (Å²) >= 11 is 11.7. The van der Waals surface area contributed by atoms with Gasteiger partial charge in [0.15, 0.2) is 5.11 Å². The lowest BCUT2D eigenvalue weighted by Crippen LogP contribution is -2.23. The number of hydrogen-bond acceptors (Lipinski definition) is 3. The Kier molecular flexibility index (Phi) is 3.46. The van der Waals surface area contributed by atoms with Gasteiger partial charge in [0.05, 0.1) is 10.6 Å². The topological polar surface area (TPSA) is 50.4 Å². The van der Waals surface area contributed by atoms with Crippen LogP contribution in [0.15, 0.2) is 17.2 Å². The third-order valence-electron chi connectivity index (χ3n) is 0.961. The number of halogens is 1. The molecule has 6 heteroatoms. The van der Waals surface area contributed by atoms with Gasteiger partial charge in [0.1, 0.15) is 0 Å². The molecule has 0 saturated heterocycles. The second kappa shape index (κ2) is 4.39. The molecular formula is C6H6ClN3S2. The summed E-state index contributed by atoms with van der Waals surface area (Å²) in [5, 5.41) is 3.91. The van der Waals surface area contributed by atoms with Crippen molar-refractivity contribution in [1.29, 1.82) is 0 Å². The van der Waals surface area contributed by atoms with Gasteiger partial charge >= 0.3 is 0 Å². The fourth-order valence-electron chi connectivity index (χ4n) is 0.557. The summed E-state index contributed by atoms with van der Waals surface area (Å²) in [5.74, 6) is 0. The SMILES string of the molecule is NC(=S)N/N=C/c1ccc(Cl)s1. The monoisotopic (exact) mass is 219 g/mol. The van der Waals surface area contributed by atoms with Crippen molar-refractivity contribution in [3.63, 3.8) is 0 Å². The first-order valence-corrected chi connectivity index (χ1v) is 4.62.